The summed E-state index contributed by atoms with van der Waals surface area (Å²) in [6, 6.07) is 5.10. The van der Waals surface area contributed by atoms with E-state index in [0.717, 1.165) is 23.9 Å². The number of benzene rings is 1. The highest BCUT2D eigenvalue weighted by Gasteiger charge is 2.31. The van der Waals surface area contributed by atoms with Crippen LogP contribution in [0.1, 0.15) is 6.92 Å². The van der Waals surface area contributed by atoms with Crippen molar-refractivity contribution in [3.63, 3.8) is 0 Å². The van der Waals surface area contributed by atoms with E-state index in [-0.39, 0.29) is 11.7 Å². The van der Waals surface area contributed by atoms with Gasteiger partial charge in [0.1, 0.15) is 5.75 Å². The number of amides is 1. The van der Waals surface area contributed by atoms with Gasteiger partial charge in [-0.2, -0.15) is 4.68 Å². The van der Waals surface area contributed by atoms with Crippen molar-refractivity contribution in [3.05, 3.63) is 24.3 Å². The standard InChI is InChI=1S/C13H14F3N5O2S/c1-8(11(22)20(2)3)24-12-17-18-19-21(12)9-4-6-10(7-5-9)23-13(14,15)16/h4-8H,1-3H3. The molecular weight excluding hydrogens is 347 g/mol. The highest BCUT2D eigenvalue weighted by atomic mass is 32.2. The lowest BCUT2D eigenvalue weighted by atomic mass is 10.3. The van der Waals surface area contributed by atoms with Crippen LogP contribution in [0.4, 0.5) is 13.2 Å². The van der Waals surface area contributed by atoms with Gasteiger partial charge in [0.05, 0.1) is 10.9 Å². The Bertz CT molecular complexity index is 702. The summed E-state index contributed by atoms with van der Waals surface area (Å²) < 4.78 is 41.6. The number of thioether (sulfide) groups is 1. The van der Waals surface area contributed by atoms with Crippen LogP contribution in [0.5, 0.6) is 5.75 Å². The van der Waals surface area contributed by atoms with Gasteiger partial charge in [0.25, 0.3) is 0 Å². The van der Waals surface area contributed by atoms with Gasteiger partial charge < -0.3 is 9.64 Å². The number of nitrogens with zero attached hydrogens (tertiary/aromatic N) is 5. The number of halogens is 3. The Morgan fingerprint density at radius 2 is 1.92 bits per heavy atom. The maximum Gasteiger partial charge on any atom is 0.573 e. The molecule has 0 bridgehead atoms. The average molecular weight is 361 g/mol. The van der Waals surface area contributed by atoms with Crippen molar-refractivity contribution in [2.75, 3.05) is 14.1 Å². The van der Waals surface area contributed by atoms with Crippen molar-refractivity contribution in [2.24, 2.45) is 0 Å². The van der Waals surface area contributed by atoms with Crippen LogP contribution in [0.3, 0.4) is 0 Å². The van der Waals surface area contributed by atoms with E-state index in [1.807, 2.05) is 0 Å². The minimum Gasteiger partial charge on any atom is -0.406 e. The van der Waals surface area contributed by atoms with Gasteiger partial charge in [-0.05, 0) is 41.6 Å². The second-order valence-electron chi connectivity index (χ2n) is 4.91. The number of alkyl halides is 3. The van der Waals surface area contributed by atoms with Crippen LogP contribution in [0, 0.1) is 0 Å². The summed E-state index contributed by atoms with van der Waals surface area (Å²) in [5.74, 6) is -0.451. The van der Waals surface area contributed by atoms with Crippen LogP contribution in [-0.2, 0) is 4.79 Å². The normalized spacial score (nSPS) is 12.8. The zero-order valence-electron chi connectivity index (χ0n) is 13.0. The van der Waals surface area contributed by atoms with E-state index in [1.54, 1.807) is 21.0 Å². The summed E-state index contributed by atoms with van der Waals surface area (Å²) in [5.41, 5.74) is 0.446. The number of ether oxygens (including phenoxy) is 1. The van der Waals surface area contributed by atoms with E-state index in [9.17, 15) is 18.0 Å². The maximum absolute atomic E-state index is 12.2. The first kappa shape index (κ1) is 18.0. The minimum atomic E-state index is -4.75. The van der Waals surface area contributed by atoms with Gasteiger partial charge in [0.15, 0.2) is 0 Å². The van der Waals surface area contributed by atoms with E-state index < -0.39 is 11.6 Å². The second kappa shape index (κ2) is 7.07. The first-order chi connectivity index (χ1) is 11.2. The molecule has 1 aromatic carbocycles. The molecule has 0 aliphatic rings. The molecular formula is C13H14F3N5O2S. The summed E-state index contributed by atoms with van der Waals surface area (Å²) in [7, 11) is 3.28. The van der Waals surface area contributed by atoms with Gasteiger partial charge in [-0.25, -0.2) is 0 Å². The van der Waals surface area contributed by atoms with E-state index in [2.05, 4.69) is 20.3 Å². The molecule has 2 aromatic rings. The van der Waals surface area contributed by atoms with E-state index in [0.29, 0.717) is 10.8 Å². The molecule has 1 atom stereocenters. The lowest BCUT2D eigenvalue weighted by Crippen LogP contribution is -2.29. The molecule has 0 aliphatic heterocycles. The van der Waals surface area contributed by atoms with Crippen molar-refractivity contribution in [1.29, 1.82) is 0 Å². The highest BCUT2D eigenvalue weighted by molar-refractivity contribution is 8.00. The van der Waals surface area contributed by atoms with Gasteiger partial charge >= 0.3 is 6.36 Å². The number of carbonyl (C=O) groups is 1. The van der Waals surface area contributed by atoms with E-state index in [1.165, 1.54) is 21.7 Å². The molecule has 0 saturated heterocycles. The highest BCUT2D eigenvalue weighted by Crippen LogP contribution is 2.26. The van der Waals surface area contributed by atoms with Crippen LogP contribution in [0.2, 0.25) is 0 Å². The Hall–Kier alpha value is -2.30. The molecule has 0 N–H and O–H groups in total. The zero-order valence-corrected chi connectivity index (χ0v) is 13.8. The van der Waals surface area contributed by atoms with Crippen molar-refractivity contribution in [2.45, 2.75) is 23.7 Å². The van der Waals surface area contributed by atoms with Crippen LogP contribution >= 0.6 is 11.8 Å². The van der Waals surface area contributed by atoms with Crippen molar-refractivity contribution < 1.29 is 22.7 Å². The monoisotopic (exact) mass is 361 g/mol. The summed E-state index contributed by atoms with van der Waals surface area (Å²) in [5, 5.41) is 11.1. The van der Waals surface area contributed by atoms with Crippen LogP contribution in [0.15, 0.2) is 29.4 Å². The molecule has 0 fully saturated rings. The number of carbonyl (C=O) groups excluding carboxylic acids is 1. The van der Waals surface area contributed by atoms with Gasteiger partial charge in [-0.15, -0.1) is 18.3 Å². The zero-order chi connectivity index (χ0) is 17.9. The van der Waals surface area contributed by atoms with Crippen molar-refractivity contribution in [3.8, 4) is 11.4 Å². The van der Waals surface area contributed by atoms with E-state index in [4.69, 9.17) is 0 Å². The third-order valence-electron chi connectivity index (χ3n) is 2.83. The lowest BCUT2D eigenvalue weighted by molar-refractivity contribution is -0.274. The second-order valence-corrected chi connectivity index (χ2v) is 6.22. The van der Waals surface area contributed by atoms with Crippen molar-refractivity contribution in [1.82, 2.24) is 25.1 Å². The van der Waals surface area contributed by atoms with Gasteiger partial charge in [0, 0.05) is 14.1 Å². The number of hydrogen-bond acceptors (Lipinski definition) is 6. The largest absolute Gasteiger partial charge is 0.573 e. The molecule has 0 aliphatic carbocycles. The minimum absolute atomic E-state index is 0.108. The van der Waals surface area contributed by atoms with Crippen LogP contribution < -0.4 is 4.74 Å². The molecule has 1 aromatic heterocycles. The number of tetrazole rings is 1. The quantitative estimate of drug-likeness (QED) is 0.760. The lowest BCUT2D eigenvalue weighted by Gasteiger charge is -2.15. The molecule has 0 spiro atoms. The molecule has 1 amide bonds. The number of hydrogen-bond donors (Lipinski definition) is 0. The maximum atomic E-state index is 12.2. The van der Waals surface area contributed by atoms with Gasteiger partial charge in [0.2, 0.25) is 11.1 Å². The smallest absolute Gasteiger partial charge is 0.406 e. The topological polar surface area (TPSA) is 73.1 Å². The van der Waals surface area contributed by atoms with Crippen LogP contribution in [0.25, 0.3) is 5.69 Å². The predicted molar refractivity (Wildman–Crippen MR) is 79.9 cm³/mol. The fraction of sp³-hybridized carbons (Fsp3) is 0.385. The first-order valence-electron chi connectivity index (χ1n) is 6.70. The number of aromatic nitrogens is 4. The average Bonchev–Trinajstić information content (AvgIpc) is 2.93. The fourth-order valence-electron chi connectivity index (χ4n) is 1.78. The molecule has 24 heavy (non-hydrogen) atoms. The molecule has 0 saturated carbocycles. The first-order valence-corrected chi connectivity index (χ1v) is 7.58. The van der Waals surface area contributed by atoms with Crippen molar-refractivity contribution >= 4 is 17.7 Å². The van der Waals surface area contributed by atoms with E-state index >= 15 is 0 Å². The predicted octanol–water partition coefficient (Wildman–Crippen LogP) is 2.13. The van der Waals surface area contributed by atoms with Gasteiger partial charge in [-0.1, -0.05) is 11.8 Å². The third kappa shape index (κ3) is 4.60. The van der Waals surface area contributed by atoms with Crippen LogP contribution in [-0.4, -0.2) is 56.7 Å². The SMILES string of the molecule is CC(Sc1nnnn1-c1ccc(OC(F)(F)F)cc1)C(=O)N(C)C. The molecule has 2 rings (SSSR count). The molecule has 0 radical (unpaired) electrons. The molecule has 7 nitrogen and oxygen atoms in total. The third-order valence-corrected chi connectivity index (χ3v) is 3.85. The van der Waals surface area contributed by atoms with Gasteiger partial charge in [-0.3, -0.25) is 4.79 Å². The molecule has 130 valence electrons. The summed E-state index contributed by atoms with van der Waals surface area (Å²) in [4.78, 5) is 13.4. The fourth-order valence-corrected chi connectivity index (χ4v) is 2.73. The number of rotatable bonds is 5. The Labute approximate surface area is 139 Å². The summed E-state index contributed by atoms with van der Waals surface area (Å²) in [6.45, 7) is 1.71. The molecule has 11 heteroatoms. The molecule has 1 heterocycles. The Morgan fingerprint density at radius 3 is 2.46 bits per heavy atom. The Kier molecular flexibility index (Phi) is 5.32. The Balaban J connectivity index is 2.16. The summed E-state index contributed by atoms with van der Waals surface area (Å²) in [6.07, 6.45) is -4.75. The Morgan fingerprint density at radius 1 is 1.29 bits per heavy atom. The summed E-state index contributed by atoms with van der Waals surface area (Å²) >= 11 is 1.15. The molecule has 1 unspecified atom stereocenters.